The lowest BCUT2D eigenvalue weighted by Crippen LogP contribution is -2.25. The Kier molecular flexibility index (Phi) is 3.70. The molecule has 2 N–H and O–H groups in total. The molecule has 0 unspecified atom stereocenters. The Morgan fingerprint density at radius 3 is 3.12 bits per heavy atom. The molecule has 3 aromatic rings. The van der Waals surface area contributed by atoms with Crippen LogP contribution in [0.4, 0.5) is 5.82 Å². The van der Waals surface area contributed by atoms with Crippen molar-refractivity contribution in [3.8, 4) is 11.5 Å². The zero-order valence-corrected chi connectivity index (χ0v) is 14.2. The van der Waals surface area contributed by atoms with Crippen LogP contribution in [0, 0.1) is 6.92 Å². The molecule has 4 rings (SSSR count). The third-order valence-corrected chi connectivity index (χ3v) is 5.02. The van der Waals surface area contributed by atoms with E-state index in [2.05, 4.69) is 32.4 Å². The Balaban J connectivity index is 1.49. The van der Waals surface area contributed by atoms with E-state index in [1.54, 1.807) is 6.07 Å². The lowest BCUT2D eigenvalue weighted by atomic mass is 10.2. The van der Waals surface area contributed by atoms with Crippen molar-refractivity contribution >= 4 is 23.1 Å². The van der Waals surface area contributed by atoms with Gasteiger partial charge in [-0.15, -0.1) is 11.3 Å². The summed E-state index contributed by atoms with van der Waals surface area (Å²) in [5.41, 5.74) is 1.76. The highest BCUT2D eigenvalue weighted by atomic mass is 32.1. The molecule has 124 valence electrons. The molecule has 0 radical (unpaired) electrons. The van der Waals surface area contributed by atoms with Crippen LogP contribution in [0.25, 0.3) is 11.5 Å². The van der Waals surface area contributed by atoms with Gasteiger partial charge in [-0.3, -0.25) is 9.89 Å². The maximum atomic E-state index is 12.4. The largest absolute Gasteiger partial charge is 0.460 e. The Labute approximate surface area is 142 Å². The molecule has 24 heavy (non-hydrogen) atoms. The minimum Gasteiger partial charge on any atom is -0.460 e. The zero-order valence-electron chi connectivity index (χ0n) is 13.4. The number of nitrogens with zero attached hydrogens (tertiary/aromatic N) is 3. The van der Waals surface area contributed by atoms with E-state index < -0.39 is 0 Å². The number of hydrogen-bond donors (Lipinski definition) is 2. The summed E-state index contributed by atoms with van der Waals surface area (Å²) < 4.78 is 5.54. The fraction of sp³-hybridized carbons (Fsp3) is 0.312. The topological polar surface area (TPSA) is 87.0 Å². The first-order valence-electron chi connectivity index (χ1n) is 7.69. The summed E-state index contributed by atoms with van der Waals surface area (Å²) in [6, 6.07) is 5.49. The maximum absolute atomic E-state index is 12.4. The first-order chi connectivity index (χ1) is 11.6. The maximum Gasteiger partial charge on any atom is 0.285 e. The first kappa shape index (κ1) is 15.1. The molecule has 7 nitrogen and oxygen atoms in total. The van der Waals surface area contributed by atoms with Crippen LogP contribution >= 0.6 is 11.3 Å². The summed E-state index contributed by atoms with van der Waals surface area (Å²) in [5, 5.41) is 10.2. The molecule has 0 saturated carbocycles. The van der Waals surface area contributed by atoms with Gasteiger partial charge in [-0.2, -0.15) is 5.10 Å². The van der Waals surface area contributed by atoms with Crippen molar-refractivity contribution in [3.63, 3.8) is 0 Å². The van der Waals surface area contributed by atoms with E-state index in [1.165, 1.54) is 16.2 Å². The van der Waals surface area contributed by atoms with Gasteiger partial charge < -0.3 is 14.6 Å². The van der Waals surface area contributed by atoms with Crippen molar-refractivity contribution in [2.75, 3.05) is 18.9 Å². The smallest absolute Gasteiger partial charge is 0.285 e. The van der Waals surface area contributed by atoms with E-state index in [9.17, 15) is 4.79 Å². The molecule has 4 heterocycles. The normalized spacial score (nSPS) is 14.6. The van der Waals surface area contributed by atoms with Crippen molar-refractivity contribution < 1.29 is 9.21 Å². The highest BCUT2D eigenvalue weighted by Gasteiger charge is 2.22. The molecule has 8 heteroatoms. The monoisotopic (exact) mass is 343 g/mol. The number of thiazole rings is 1. The van der Waals surface area contributed by atoms with E-state index in [0.29, 0.717) is 16.6 Å². The third-order valence-electron chi connectivity index (χ3n) is 3.94. The molecule has 0 aromatic carbocycles. The van der Waals surface area contributed by atoms with Gasteiger partial charge in [-0.25, -0.2) is 4.98 Å². The molecule has 0 fully saturated rings. The van der Waals surface area contributed by atoms with Crippen LogP contribution in [0.2, 0.25) is 0 Å². The Morgan fingerprint density at radius 1 is 1.46 bits per heavy atom. The van der Waals surface area contributed by atoms with E-state index >= 15 is 0 Å². The SMILES string of the molecule is Cc1ccc(-c2cc(NC(=O)c3nc4c(s3)CN(C)CC4)n[nH]2)o1. The molecule has 1 amide bonds. The third kappa shape index (κ3) is 2.85. The second kappa shape index (κ2) is 5.88. The van der Waals surface area contributed by atoms with Crippen LogP contribution in [0.1, 0.15) is 26.1 Å². The number of H-pyrrole nitrogens is 1. The number of rotatable bonds is 3. The van der Waals surface area contributed by atoms with Gasteiger partial charge in [-0.1, -0.05) is 0 Å². The average Bonchev–Trinajstić information content (AvgIpc) is 3.25. The molecule has 1 aliphatic heterocycles. The zero-order chi connectivity index (χ0) is 16.7. The summed E-state index contributed by atoms with van der Waals surface area (Å²) in [7, 11) is 2.07. The quantitative estimate of drug-likeness (QED) is 0.763. The average molecular weight is 343 g/mol. The number of hydrogen-bond acceptors (Lipinski definition) is 6. The van der Waals surface area contributed by atoms with Crippen LogP contribution in [0.5, 0.6) is 0 Å². The Hall–Kier alpha value is -2.45. The second-order valence-corrected chi connectivity index (χ2v) is 6.99. The van der Waals surface area contributed by atoms with Gasteiger partial charge in [0.2, 0.25) is 0 Å². The number of anilines is 1. The molecule has 0 saturated heterocycles. The van der Waals surface area contributed by atoms with E-state index in [-0.39, 0.29) is 5.91 Å². The number of aryl methyl sites for hydroxylation is 1. The number of likely N-dealkylation sites (N-methyl/N-ethyl adjacent to an activating group) is 1. The summed E-state index contributed by atoms with van der Waals surface area (Å²) >= 11 is 1.45. The molecule has 0 atom stereocenters. The van der Waals surface area contributed by atoms with Gasteiger partial charge in [0, 0.05) is 30.5 Å². The standard InChI is InChI=1S/C16H17N5O2S/c1-9-3-4-12(23-9)11-7-14(20-19-11)18-15(22)16-17-10-5-6-21(2)8-13(10)24-16/h3-4,7H,5-6,8H2,1-2H3,(H2,18,19,20,22). The van der Waals surface area contributed by atoms with Crippen LogP contribution < -0.4 is 5.32 Å². The van der Waals surface area contributed by atoms with Gasteiger partial charge >= 0.3 is 0 Å². The first-order valence-corrected chi connectivity index (χ1v) is 8.51. The van der Waals surface area contributed by atoms with Gasteiger partial charge in [0.25, 0.3) is 5.91 Å². The van der Waals surface area contributed by atoms with Crippen LogP contribution in [0.15, 0.2) is 22.6 Å². The number of furan rings is 1. The van der Waals surface area contributed by atoms with Crippen LogP contribution in [-0.4, -0.2) is 39.6 Å². The number of carbonyl (C=O) groups excluding carboxylic acids is 1. The van der Waals surface area contributed by atoms with Crippen molar-refractivity contribution in [3.05, 3.63) is 39.5 Å². The molecule has 0 bridgehead atoms. The minimum absolute atomic E-state index is 0.231. The lowest BCUT2D eigenvalue weighted by molar-refractivity contribution is 0.102. The Morgan fingerprint density at radius 2 is 2.33 bits per heavy atom. The van der Waals surface area contributed by atoms with E-state index in [0.717, 1.165) is 36.7 Å². The molecular formula is C16H17N5O2S. The number of amides is 1. The predicted molar refractivity (Wildman–Crippen MR) is 91.1 cm³/mol. The molecule has 0 spiro atoms. The highest BCUT2D eigenvalue weighted by molar-refractivity contribution is 7.13. The molecule has 3 aromatic heterocycles. The van der Waals surface area contributed by atoms with Crippen molar-refractivity contribution in [2.45, 2.75) is 19.9 Å². The highest BCUT2D eigenvalue weighted by Crippen LogP contribution is 2.26. The summed E-state index contributed by atoms with van der Waals surface area (Å²) in [4.78, 5) is 20.3. The molecule has 0 aliphatic carbocycles. The molecular weight excluding hydrogens is 326 g/mol. The van der Waals surface area contributed by atoms with E-state index in [4.69, 9.17) is 4.42 Å². The summed E-state index contributed by atoms with van der Waals surface area (Å²) in [5.74, 6) is 1.73. The van der Waals surface area contributed by atoms with Crippen LogP contribution in [-0.2, 0) is 13.0 Å². The number of aromatic amines is 1. The summed E-state index contributed by atoms with van der Waals surface area (Å²) in [6.07, 6.45) is 0.889. The molecule has 1 aliphatic rings. The van der Waals surface area contributed by atoms with Gasteiger partial charge in [0.1, 0.15) is 11.5 Å². The number of carbonyl (C=O) groups is 1. The predicted octanol–water partition coefficient (Wildman–Crippen LogP) is 2.67. The van der Waals surface area contributed by atoms with Crippen LogP contribution in [0.3, 0.4) is 0 Å². The summed E-state index contributed by atoms with van der Waals surface area (Å²) in [6.45, 7) is 3.71. The second-order valence-electron chi connectivity index (χ2n) is 5.91. The van der Waals surface area contributed by atoms with Crippen molar-refractivity contribution in [1.29, 1.82) is 0 Å². The van der Waals surface area contributed by atoms with Gasteiger partial charge in [0.05, 0.1) is 5.69 Å². The minimum atomic E-state index is -0.231. The Bertz CT molecular complexity index is 894. The fourth-order valence-corrected chi connectivity index (χ4v) is 3.76. The van der Waals surface area contributed by atoms with Gasteiger partial charge in [-0.05, 0) is 26.1 Å². The lowest BCUT2D eigenvalue weighted by Gasteiger charge is -2.20. The number of fused-ring (bicyclic) bond motifs is 1. The number of aromatic nitrogens is 3. The fourth-order valence-electron chi connectivity index (χ4n) is 2.68. The van der Waals surface area contributed by atoms with Crippen molar-refractivity contribution in [2.24, 2.45) is 0 Å². The van der Waals surface area contributed by atoms with Crippen molar-refractivity contribution in [1.82, 2.24) is 20.1 Å². The van der Waals surface area contributed by atoms with E-state index in [1.807, 2.05) is 19.1 Å². The number of nitrogens with one attached hydrogen (secondary N) is 2. The van der Waals surface area contributed by atoms with Gasteiger partial charge in [0.15, 0.2) is 16.6 Å².